The minimum Gasteiger partial charge on any atom is -0.481 e. The standard InChI is InChI=1S/C17H18N2O3/c1-11-9-19(10-15(11)17(21)22)16(20)14-8-18-7-13(14)12-5-3-2-4-6-12/h2-8,11,15,18H,9-10H2,1H3,(H,21,22)/t11-,15-/m1/s1. The number of nitrogens with zero attached hydrogens (tertiary/aromatic N) is 1. The minimum atomic E-state index is -0.833. The van der Waals surface area contributed by atoms with Gasteiger partial charge in [-0.25, -0.2) is 0 Å². The van der Waals surface area contributed by atoms with Crippen LogP contribution in [0.5, 0.6) is 0 Å². The highest BCUT2D eigenvalue weighted by Crippen LogP contribution is 2.28. The van der Waals surface area contributed by atoms with Crippen LogP contribution in [0.15, 0.2) is 42.7 Å². The van der Waals surface area contributed by atoms with Crippen LogP contribution in [0.4, 0.5) is 0 Å². The van der Waals surface area contributed by atoms with E-state index in [1.807, 2.05) is 37.3 Å². The lowest BCUT2D eigenvalue weighted by Crippen LogP contribution is -2.30. The van der Waals surface area contributed by atoms with Crippen LogP contribution in [-0.4, -0.2) is 40.0 Å². The summed E-state index contributed by atoms with van der Waals surface area (Å²) < 4.78 is 0. The maximum Gasteiger partial charge on any atom is 0.308 e. The van der Waals surface area contributed by atoms with Crippen LogP contribution >= 0.6 is 0 Å². The zero-order valence-corrected chi connectivity index (χ0v) is 12.3. The Balaban J connectivity index is 1.86. The van der Waals surface area contributed by atoms with E-state index in [0.29, 0.717) is 12.1 Å². The van der Waals surface area contributed by atoms with Gasteiger partial charge in [0.05, 0.1) is 11.5 Å². The highest BCUT2D eigenvalue weighted by molar-refractivity contribution is 6.01. The first-order valence-corrected chi connectivity index (χ1v) is 7.32. The number of nitrogens with one attached hydrogen (secondary N) is 1. The predicted octanol–water partition coefficient (Wildman–Crippen LogP) is 2.47. The summed E-state index contributed by atoms with van der Waals surface area (Å²) in [6.45, 7) is 2.63. The number of aliphatic carboxylic acids is 1. The number of benzene rings is 1. The van der Waals surface area contributed by atoms with Crippen LogP contribution in [-0.2, 0) is 4.79 Å². The molecular formula is C17H18N2O3. The fourth-order valence-corrected chi connectivity index (χ4v) is 3.02. The normalized spacial score (nSPS) is 21.0. The highest BCUT2D eigenvalue weighted by Gasteiger charge is 2.37. The molecule has 1 aromatic heterocycles. The summed E-state index contributed by atoms with van der Waals surface area (Å²) in [7, 11) is 0. The SMILES string of the molecule is C[C@@H]1CN(C(=O)c2c[nH]cc2-c2ccccc2)C[C@H]1C(=O)O. The van der Waals surface area contributed by atoms with E-state index in [4.69, 9.17) is 0 Å². The lowest BCUT2D eigenvalue weighted by molar-refractivity contribution is -0.142. The summed E-state index contributed by atoms with van der Waals surface area (Å²) in [6.07, 6.45) is 3.49. The van der Waals surface area contributed by atoms with Gasteiger partial charge in [0.25, 0.3) is 5.91 Å². The molecule has 2 aromatic rings. The van der Waals surface area contributed by atoms with Crippen LogP contribution in [0.2, 0.25) is 0 Å². The Morgan fingerprint density at radius 1 is 1.18 bits per heavy atom. The molecule has 3 rings (SSSR count). The molecule has 0 unspecified atom stereocenters. The van der Waals surface area contributed by atoms with E-state index in [9.17, 15) is 14.7 Å². The summed E-state index contributed by atoms with van der Waals surface area (Å²) in [5, 5.41) is 9.20. The van der Waals surface area contributed by atoms with E-state index in [-0.39, 0.29) is 18.4 Å². The molecule has 1 aromatic carbocycles. The third kappa shape index (κ3) is 2.50. The van der Waals surface area contributed by atoms with Crippen LogP contribution in [0.25, 0.3) is 11.1 Å². The van der Waals surface area contributed by atoms with Gasteiger partial charge in [0, 0.05) is 31.0 Å². The molecule has 1 aliphatic rings. The molecule has 1 aliphatic heterocycles. The smallest absolute Gasteiger partial charge is 0.308 e. The van der Waals surface area contributed by atoms with Gasteiger partial charge < -0.3 is 15.0 Å². The molecule has 0 bridgehead atoms. The van der Waals surface area contributed by atoms with E-state index in [2.05, 4.69) is 4.98 Å². The van der Waals surface area contributed by atoms with E-state index in [0.717, 1.165) is 11.1 Å². The number of rotatable bonds is 3. The number of H-pyrrole nitrogens is 1. The van der Waals surface area contributed by atoms with E-state index >= 15 is 0 Å². The summed E-state index contributed by atoms with van der Waals surface area (Å²) in [5.41, 5.74) is 2.40. The summed E-state index contributed by atoms with van der Waals surface area (Å²) >= 11 is 0. The second kappa shape index (κ2) is 5.67. The number of aromatic amines is 1. The van der Waals surface area contributed by atoms with Crippen molar-refractivity contribution in [2.75, 3.05) is 13.1 Å². The molecule has 1 fully saturated rings. The molecule has 1 amide bonds. The second-order valence-corrected chi connectivity index (χ2v) is 5.78. The number of carbonyl (C=O) groups is 2. The van der Waals surface area contributed by atoms with Crippen molar-refractivity contribution >= 4 is 11.9 Å². The van der Waals surface area contributed by atoms with Crippen LogP contribution in [0, 0.1) is 11.8 Å². The van der Waals surface area contributed by atoms with E-state index in [1.54, 1.807) is 17.3 Å². The zero-order chi connectivity index (χ0) is 15.7. The lowest BCUT2D eigenvalue weighted by Gasteiger charge is -2.16. The number of amides is 1. The molecular weight excluding hydrogens is 280 g/mol. The van der Waals surface area contributed by atoms with Gasteiger partial charge in [-0.2, -0.15) is 0 Å². The third-order valence-corrected chi connectivity index (χ3v) is 4.28. The molecule has 114 valence electrons. The van der Waals surface area contributed by atoms with Crippen molar-refractivity contribution < 1.29 is 14.7 Å². The molecule has 1 saturated heterocycles. The Hall–Kier alpha value is -2.56. The molecule has 0 radical (unpaired) electrons. The number of carbonyl (C=O) groups excluding carboxylic acids is 1. The molecule has 2 heterocycles. The van der Waals surface area contributed by atoms with Gasteiger partial charge in [-0.3, -0.25) is 9.59 Å². The number of aromatic nitrogens is 1. The van der Waals surface area contributed by atoms with Crippen LogP contribution in [0.3, 0.4) is 0 Å². The molecule has 2 atom stereocenters. The molecule has 0 aliphatic carbocycles. The number of hydrogen-bond donors (Lipinski definition) is 2. The van der Waals surface area contributed by atoms with Gasteiger partial charge in [0.15, 0.2) is 0 Å². The Bertz CT molecular complexity index is 693. The van der Waals surface area contributed by atoms with Gasteiger partial charge in [0.1, 0.15) is 0 Å². The third-order valence-electron chi connectivity index (χ3n) is 4.28. The van der Waals surface area contributed by atoms with Crippen molar-refractivity contribution in [3.05, 3.63) is 48.3 Å². The quantitative estimate of drug-likeness (QED) is 0.914. The van der Waals surface area contributed by atoms with Crippen molar-refractivity contribution in [2.45, 2.75) is 6.92 Å². The maximum absolute atomic E-state index is 12.7. The summed E-state index contributed by atoms with van der Waals surface area (Å²) in [5.74, 6) is -1.46. The van der Waals surface area contributed by atoms with Crippen molar-refractivity contribution in [3.8, 4) is 11.1 Å². The fourth-order valence-electron chi connectivity index (χ4n) is 3.02. The maximum atomic E-state index is 12.7. The fraction of sp³-hybridized carbons (Fsp3) is 0.294. The van der Waals surface area contributed by atoms with Gasteiger partial charge in [0.2, 0.25) is 0 Å². The van der Waals surface area contributed by atoms with Crippen molar-refractivity contribution in [2.24, 2.45) is 11.8 Å². The number of hydrogen-bond acceptors (Lipinski definition) is 2. The molecule has 2 N–H and O–H groups in total. The van der Waals surface area contributed by atoms with Gasteiger partial charge in [-0.05, 0) is 11.5 Å². The van der Waals surface area contributed by atoms with Crippen molar-refractivity contribution in [1.29, 1.82) is 0 Å². The Kier molecular flexibility index (Phi) is 3.71. The van der Waals surface area contributed by atoms with Crippen molar-refractivity contribution in [3.63, 3.8) is 0 Å². The zero-order valence-electron chi connectivity index (χ0n) is 12.3. The monoisotopic (exact) mass is 298 g/mol. The molecule has 5 heteroatoms. The topological polar surface area (TPSA) is 73.4 Å². The first-order chi connectivity index (χ1) is 10.6. The average Bonchev–Trinajstić information content (AvgIpc) is 3.14. The first-order valence-electron chi connectivity index (χ1n) is 7.32. The average molecular weight is 298 g/mol. The van der Waals surface area contributed by atoms with Crippen molar-refractivity contribution in [1.82, 2.24) is 9.88 Å². The van der Waals surface area contributed by atoms with Crippen LogP contribution < -0.4 is 0 Å². The number of likely N-dealkylation sites (tertiary alicyclic amines) is 1. The Labute approximate surface area is 128 Å². The summed E-state index contributed by atoms with van der Waals surface area (Å²) in [4.78, 5) is 28.6. The first kappa shape index (κ1) is 14.4. The summed E-state index contributed by atoms with van der Waals surface area (Å²) in [6, 6.07) is 9.68. The Morgan fingerprint density at radius 3 is 2.55 bits per heavy atom. The van der Waals surface area contributed by atoms with Crippen LogP contribution in [0.1, 0.15) is 17.3 Å². The van der Waals surface area contributed by atoms with E-state index < -0.39 is 11.9 Å². The Morgan fingerprint density at radius 2 is 1.91 bits per heavy atom. The van der Waals surface area contributed by atoms with Gasteiger partial charge in [-0.15, -0.1) is 0 Å². The number of carboxylic acid groups (broad SMARTS) is 1. The second-order valence-electron chi connectivity index (χ2n) is 5.78. The molecule has 5 nitrogen and oxygen atoms in total. The molecule has 0 saturated carbocycles. The largest absolute Gasteiger partial charge is 0.481 e. The van der Waals surface area contributed by atoms with Gasteiger partial charge >= 0.3 is 5.97 Å². The van der Waals surface area contributed by atoms with Gasteiger partial charge in [-0.1, -0.05) is 37.3 Å². The van der Waals surface area contributed by atoms with E-state index in [1.165, 1.54) is 0 Å². The molecule has 22 heavy (non-hydrogen) atoms. The lowest BCUT2D eigenvalue weighted by atomic mass is 9.99. The highest BCUT2D eigenvalue weighted by atomic mass is 16.4. The number of carboxylic acids is 1. The molecule has 0 spiro atoms. The minimum absolute atomic E-state index is 0.0273. The predicted molar refractivity (Wildman–Crippen MR) is 82.4 cm³/mol.